The van der Waals surface area contributed by atoms with Gasteiger partial charge in [-0.15, -0.1) is 0 Å². The van der Waals surface area contributed by atoms with Crippen LogP contribution >= 0.6 is 0 Å². The van der Waals surface area contributed by atoms with Crippen LogP contribution in [0.5, 0.6) is 0 Å². The molecule has 1 aromatic carbocycles. The highest BCUT2D eigenvalue weighted by molar-refractivity contribution is 5.94. The van der Waals surface area contributed by atoms with Crippen LogP contribution in [0.4, 0.5) is 0 Å². The average molecular weight is 403 g/mol. The van der Waals surface area contributed by atoms with Crippen LogP contribution in [0.15, 0.2) is 29.5 Å². The highest BCUT2D eigenvalue weighted by Gasteiger charge is 2.37. The number of amides is 1. The molecule has 1 amide bonds. The number of aliphatic hydroxyl groups excluding tert-OH is 1. The number of aryl methyl sites for hydroxylation is 2. The molecule has 0 aromatic heterocycles. The maximum Gasteiger partial charge on any atom is 0.268 e. The highest BCUT2D eigenvalue weighted by atomic mass is 16.3. The minimum Gasteiger partial charge on any atom is -0.512 e. The van der Waals surface area contributed by atoms with Crippen LogP contribution in [0, 0.1) is 19.3 Å². The molecule has 0 aliphatic rings. The first-order chi connectivity index (χ1) is 13.2. The summed E-state index contributed by atoms with van der Waals surface area (Å²) in [5, 5.41) is 12.2. The largest absolute Gasteiger partial charge is 0.512 e. The zero-order valence-electron chi connectivity index (χ0n) is 20.2. The van der Waals surface area contributed by atoms with E-state index in [0.717, 1.165) is 29.5 Å². The minimum atomic E-state index is -0.564. The molecule has 0 saturated carbocycles. The monoisotopic (exact) mass is 402 g/mol. The van der Waals surface area contributed by atoms with Crippen LogP contribution in [0.1, 0.15) is 96.1 Å². The SMILES string of the molecule is CCC[C@@H](N(NC(C)(C)/C(C)=C(/O)CC)C(=O)c1cc(C)cc(C)c1)C(C)(C)C. The lowest BCUT2D eigenvalue weighted by molar-refractivity contribution is 0.0159. The highest BCUT2D eigenvalue weighted by Crippen LogP contribution is 2.31. The van der Waals surface area contributed by atoms with E-state index in [9.17, 15) is 9.90 Å². The van der Waals surface area contributed by atoms with E-state index in [1.807, 2.05) is 58.7 Å². The Balaban J connectivity index is 3.51. The van der Waals surface area contributed by atoms with Crippen molar-refractivity contribution in [1.82, 2.24) is 10.4 Å². The van der Waals surface area contributed by atoms with Crippen molar-refractivity contribution in [3.05, 3.63) is 46.2 Å². The molecule has 2 N–H and O–H groups in total. The minimum absolute atomic E-state index is 0.0108. The average Bonchev–Trinajstić information content (AvgIpc) is 2.60. The Morgan fingerprint density at radius 1 is 1.07 bits per heavy atom. The third-order valence-corrected chi connectivity index (χ3v) is 5.67. The van der Waals surface area contributed by atoms with E-state index < -0.39 is 5.54 Å². The molecule has 164 valence electrons. The lowest BCUT2D eigenvalue weighted by Gasteiger charge is -2.45. The topological polar surface area (TPSA) is 52.6 Å². The van der Waals surface area contributed by atoms with Gasteiger partial charge in [-0.25, -0.2) is 5.43 Å². The maximum absolute atomic E-state index is 13.7. The zero-order chi connectivity index (χ0) is 22.6. The number of carbonyl (C=O) groups is 1. The number of rotatable bonds is 8. The van der Waals surface area contributed by atoms with E-state index >= 15 is 0 Å². The van der Waals surface area contributed by atoms with Gasteiger partial charge in [-0.05, 0) is 64.2 Å². The van der Waals surface area contributed by atoms with Crippen molar-refractivity contribution in [3.8, 4) is 0 Å². The molecule has 0 bridgehead atoms. The van der Waals surface area contributed by atoms with Gasteiger partial charge in [0.15, 0.2) is 0 Å². The lowest BCUT2D eigenvalue weighted by Crippen LogP contribution is -2.61. The number of allylic oxidation sites excluding steroid dienone is 1. The van der Waals surface area contributed by atoms with Crippen LogP contribution in [-0.4, -0.2) is 27.6 Å². The first-order valence-corrected chi connectivity index (χ1v) is 10.8. The third kappa shape index (κ3) is 6.60. The van der Waals surface area contributed by atoms with Crippen LogP contribution in [-0.2, 0) is 0 Å². The molecule has 0 heterocycles. The number of benzene rings is 1. The van der Waals surface area contributed by atoms with E-state index in [2.05, 4.69) is 39.2 Å². The molecule has 0 saturated heterocycles. The maximum atomic E-state index is 13.7. The van der Waals surface area contributed by atoms with Crippen LogP contribution < -0.4 is 5.43 Å². The number of nitrogens with zero attached hydrogens (tertiary/aromatic N) is 1. The Morgan fingerprint density at radius 2 is 1.59 bits per heavy atom. The Morgan fingerprint density at radius 3 is 2.00 bits per heavy atom. The molecule has 1 aromatic rings. The van der Waals surface area contributed by atoms with Gasteiger partial charge in [0, 0.05) is 12.0 Å². The quantitative estimate of drug-likeness (QED) is 0.386. The smallest absolute Gasteiger partial charge is 0.268 e. The van der Waals surface area contributed by atoms with E-state index in [1.165, 1.54) is 0 Å². The van der Waals surface area contributed by atoms with Gasteiger partial charge in [0.2, 0.25) is 0 Å². The normalized spacial score (nSPS) is 14.4. The fraction of sp³-hybridized carbons (Fsp3) is 0.640. The summed E-state index contributed by atoms with van der Waals surface area (Å²) in [6.07, 6.45) is 2.45. The first-order valence-electron chi connectivity index (χ1n) is 10.8. The van der Waals surface area contributed by atoms with E-state index in [1.54, 1.807) is 0 Å². The van der Waals surface area contributed by atoms with Gasteiger partial charge in [-0.2, -0.15) is 0 Å². The van der Waals surface area contributed by atoms with Crippen molar-refractivity contribution in [1.29, 1.82) is 0 Å². The standard InChI is InChI=1S/C25H42N2O2/c1-11-13-22(24(6,7)8)27(26-25(9,10)19(5)21(28)12-2)23(29)20-15-17(3)14-18(4)16-20/h14-16,22,26,28H,11-13H2,1-10H3/b21-19+/t22-/m1/s1. The fourth-order valence-electron chi connectivity index (χ4n) is 3.74. The molecule has 4 nitrogen and oxygen atoms in total. The van der Waals surface area contributed by atoms with E-state index in [0.29, 0.717) is 17.7 Å². The fourth-order valence-corrected chi connectivity index (χ4v) is 3.74. The van der Waals surface area contributed by atoms with Gasteiger partial charge < -0.3 is 5.11 Å². The molecule has 0 unspecified atom stereocenters. The zero-order valence-corrected chi connectivity index (χ0v) is 20.2. The Labute approximate surface area is 178 Å². The van der Waals surface area contributed by atoms with Crippen LogP contribution in [0.25, 0.3) is 0 Å². The van der Waals surface area contributed by atoms with E-state index in [-0.39, 0.29) is 17.4 Å². The summed E-state index contributed by atoms with van der Waals surface area (Å²) in [6.45, 7) is 20.6. The second kappa shape index (κ2) is 9.80. The van der Waals surface area contributed by atoms with Gasteiger partial charge in [-0.3, -0.25) is 9.80 Å². The number of nitrogens with one attached hydrogen (secondary N) is 1. The summed E-state index contributed by atoms with van der Waals surface area (Å²) in [5.74, 6) is 0.339. The van der Waals surface area contributed by atoms with Gasteiger partial charge in [-0.1, -0.05) is 58.2 Å². The van der Waals surface area contributed by atoms with Gasteiger partial charge in [0.25, 0.3) is 5.91 Å². The summed E-state index contributed by atoms with van der Waals surface area (Å²) in [4.78, 5) is 13.7. The van der Waals surface area contributed by atoms with Crippen molar-refractivity contribution >= 4 is 5.91 Å². The molecule has 1 rings (SSSR count). The third-order valence-electron chi connectivity index (χ3n) is 5.67. The predicted molar refractivity (Wildman–Crippen MR) is 123 cm³/mol. The number of hydrogen-bond donors (Lipinski definition) is 2. The number of hydrogen-bond acceptors (Lipinski definition) is 3. The number of carbonyl (C=O) groups excluding carboxylic acids is 1. The van der Waals surface area contributed by atoms with Crippen molar-refractivity contribution in [2.45, 2.75) is 100 Å². The summed E-state index contributed by atoms with van der Waals surface area (Å²) < 4.78 is 0. The molecule has 29 heavy (non-hydrogen) atoms. The van der Waals surface area contributed by atoms with Crippen LogP contribution in [0.3, 0.4) is 0 Å². The second-order valence-corrected chi connectivity index (χ2v) is 9.88. The molecule has 0 spiro atoms. The molecule has 0 aliphatic carbocycles. The summed E-state index contributed by atoms with van der Waals surface area (Å²) in [6, 6.07) is 6.00. The lowest BCUT2D eigenvalue weighted by atomic mass is 9.83. The van der Waals surface area contributed by atoms with Gasteiger partial charge in [0.05, 0.1) is 17.3 Å². The molecule has 1 atom stereocenters. The van der Waals surface area contributed by atoms with E-state index in [4.69, 9.17) is 0 Å². The van der Waals surface area contributed by atoms with Crippen molar-refractivity contribution in [2.24, 2.45) is 5.41 Å². The van der Waals surface area contributed by atoms with Crippen molar-refractivity contribution in [3.63, 3.8) is 0 Å². The van der Waals surface area contributed by atoms with Crippen molar-refractivity contribution in [2.75, 3.05) is 0 Å². The first kappa shape index (κ1) is 25.2. The Bertz CT molecular complexity index is 721. The Hall–Kier alpha value is -1.81. The molecule has 0 fully saturated rings. The number of hydrazine groups is 1. The van der Waals surface area contributed by atoms with Gasteiger partial charge >= 0.3 is 0 Å². The second-order valence-electron chi connectivity index (χ2n) is 9.88. The van der Waals surface area contributed by atoms with Crippen LogP contribution in [0.2, 0.25) is 0 Å². The molecule has 0 radical (unpaired) electrons. The summed E-state index contributed by atoms with van der Waals surface area (Å²) >= 11 is 0. The van der Waals surface area contributed by atoms with Gasteiger partial charge in [0.1, 0.15) is 0 Å². The molecular weight excluding hydrogens is 360 g/mol. The number of aliphatic hydroxyl groups is 1. The molecular formula is C25H42N2O2. The van der Waals surface area contributed by atoms with Crippen molar-refractivity contribution < 1.29 is 9.90 Å². The molecule has 4 heteroatoms. The predicted octanol–water partition coefficient (Wildman–Crippen LogP) is 6.49. The Kier molecular flexibility index (Phi) is 8.52. The summed E-state index contributed by atoms with van der Waals surface area (Å²) in [7, 11) is 0. The summed E-state index contributed by atoms with van der Waals surface area (Å²) in [5.41, 5.74) is 6.54. The molecule has 0 aliphatic heterocycles.